The minimum atomic E-state index is -0.768. The monoisotopic (exact) mass is 330 g/mol. The Morgan fingerprint density at radius 3 is 2.74 bits per heavy atom. The van der Waals surface area contributed by atoms with Crippen LogP contribution in [0.1, 0.15) is 15.4 Å². The van der Waals surface area contributed by atoms with Crippen LogP contribution in [-0.2, 0) is 0 Å². The first kappa shape index (κ1) is 15.3. The molecule has 0 bridgehead atoms. The molecule has 0 aliphatic carbocycles. The summed E-state index contributed by atoms with van der Waals surface area (Å²) < 4.78 is 26.8. The molecule has 0 radical (unpaired) electrons. The van der Waals surface area contributed by atoms with E-state index in [0.29, 0.717) is 5.69 Å². The lowest BCUT2D eigenvalue weighted by molar-refractivity contribution is 0.102. The zero-order valence-electron chi connectivity index (χ0n) is 12.1. The Bertz CT molecular complexity index is 877. The molecule has 0 aliphatic rings. The summed E-state index contributed by atoms with van der Waals surface area (Å²) in [7, 11) is 0. The molecular formula is C17H12F2N2OS. The van der Waals surface area contributed by atoms with Crippen molar-refractivity contribution in [3.05, 3.63) is 70.1 Å². The Kier molecular flexibility index (Phi) is 4.16. The van der Waals surface area contributed by atoms with Gasteiger partial charge in [0.1, 0.15) is 11.6 Å². The van der Waals surface area contributed by atoms with E-state index >= 15 is 0 Å². The third-order valence-electron chi connectivity index (χ3n) is 3.21. The molecule has 0 fully saturated rings. The maximum atomic E-state index is 13.6. The molecule has 1 amide bonds. The van der Waals surface area contributed by atoms with Gasteiger partial charge in [0.15, 0.2) is 0 Å². The quantitative estimate of drug-likeness (QED) is 0.759. The van der Waals surface area contributed by atoms with Crippen molar-refractivity contribution in [2.45, 2.75) is 6.92 Å². The summed E-state index contributed by atoms with van der Waals surface area (Å²) in [5.41, 5.74) is 1.80. The van der Waals surface area contributed by atoms with Gasteiger partial charge in [0, 0.05) is 16.6 Å². The maximum Gasteiger partial charge on any atom is 0.258 e. The van der Waals surface area contributed by atoms with Crippen molar-refractivity contribution >= 4 is 22.9 Å². The highest BCUT2D eigenvalue weighted by molar-refractivity contribution is 7.09. The summed E-state index contributed by atoms with van der Waals surface area (Å²) in [6.45, 7) is 1.91. The molecule has 1 heterocycles. The third-order valence-corrected chi connectivity index (χ3v) is 3.98. The van der Waals surface area contributed by atoms with Crippen molar-refractivity contribution in [2.24, 2.45) is 0 Å². The number of aromatic nitrogens is 1. The summed E-state index contributed by atoms with van der Waals surface area (Å²) in [4.78, 5) is 16.5. The number of rotatable bonds is 3. The summed E-state index contributed by atoms with van der Waals surface area (Å²) in [6.07, 6.45) is 0. The van der Waals surface area contributed by atoms with Crippen molar-refractivity contribution < 1.29 is 13.6 Å². The number of hydrogen-bond acceptors (Lipinski definition) is 3. The average molecular weight is 330 g/mol. The van der Waals surface area contributed by atoms with Crippen molar-refractivity contribution in [1.29, 1.82) is 0 Å². The first-order valence-corrected chi connectivity index (χ1v) is 7.70. The molecule has 3 rings (SSSR count). The van der Waals surface area contributed by atoms with Crippen LogP contribution in [0.3, 0.4) is 0 Å². The number of anilines is 1. The van der Waals surface area contributed by atoms with E-state index in [1.165, 1.54) is 11.3 Å². The molecule has 2 aromatic carbocycles. The topological polar surface area (TPSA) is 42.0 Å². The van der Waals surface area contributed by atoms with E-state index in [1.54, 1.807) is 18.2 Å². The highest BCUT2D eigenvalue weighted by Crippen LogP contribution is 2.24. The van der Waals surface area contributed by atoms with Crippen LogP contribution < -0.4 is 5.32 Å². The summed E-state index contributed by atoms with van der Waals surface area (Å²) in [5.74, 6) is -2.13. The molecule has 116 valence electrons. The molecule has 0 saturated carbocycles. The molecule has 6 heteroatoms. The van der Waals surface area contributed by atoms with Gasteiger partial charge < -0.3 is 5.32 Å². The molecule has 1 N–H and O–H groups in total. The van der Waals surface area contributed by atoms with Gasteiger partial charge in [0.05, 0.1) is 16.3 Å². The number of carbonyl (C=O) groups is 1. The summed E-state index contributed by atoms with van der Waals surface area (Å²) >= 11 is 1.53. The smallest absolute Gasteiger partial charge is 0.258 e. The molecule has 3 nitrogen and oxygen atoms in total. The second-order valence-corrected chi connectivity index (χ2v) is 5.97. The summed E-state index contributed by atoms with van der Waals surface area (Å²) in [5, 5.41) is 5.43. The Balaban J connectivity index is 1.85. The Hall–Kier alpha value is -2.60. The molecular weight excluding hydrogens is 318 g/mol. The number of aryl methyl sites for hydroxylation is 1. The van der Waals surface area contributed by atoms with Crippen LogP contribution in [-0.4, -0.2) is 10.9 Å². The number of halogens is 2. The minimum absolute atomic E-state index is 0.333. The number of thiazole rings is 1. The molecule has 0 spiro atoms. The zero-order chi connectivity index (χ0) is 16.4. The fourth-order valence-electron chi connectivity index (χ4n) is 2.12. The third kappa shape index (κ3) is 3.43. The molecule has 0 saturated heterocycles. The van der Waals surface area contributed by atoms with Crippen LogP contribution in [0, 0.1) is 18.6 Å². The predicted molar refractivity (Wildman–Crippen MR) is 86.6 cm³/mol. The number of carbonyl (C=O) groups excluding carboxylic acids is 1. The zero-order valence-corrected chi connectivity index (χ0v) is 13.0. The van der Waals surface area contributed by atoms with Crippen molar-refractivity contribution in [3.8, 4) is 11.3 Å². The maximum absolute atomic E-state index is 13.6. The predicted octanol–water partition coefficient (Wildman–Crippen LogP) is 4.65. The lowest BCUT2D eigenvalue weighted by atomic mass is 10.1. The molecule has 0 unspecified atom stereocenters. The second-order valence-electron chi connectivity index (χ2n) is 4.91. The average Bonchev–Trinajstić information content (AvgIpc) is 2.96. The highest BCUT2D eigenvalue weighted by Gasteiger charge is 2.13. The van der Waals surface area contributed by atoms with Gasteiger partial charge in [0.25, 0.3) is 5.91 Å². The number of hydrogen-bond donors (Lipinski definition) is 1. The van der Waals surface area contributed by atoms with Crippen LogP contribution >= 0.6 is 11.3 Å². The van der Waals surface area contributed by atoms with Crippen LogP contribution in [0.4, 0.5) is 14.5 Å². The van der Waals surface area contributed by atoms with Gasteiger partial charge in [-0.05, 0) is 37.3 Å². The lowest BCUT2D eigenvalue weighted by Crippen LogP contribution is -2.14. The van der Waals surface area contributed by atoms with Gasteiger partial charge in [-0.1, -0.05) is 12.1 Å². The van der Waals surface area contributed by atoms with Gasteiger partial charge in [-0.15, -0.1) is 11.3 Å². The van der Waals surface area contributed by atoms with E-state index in [2.05, 4.69) is 10.3 Å². The normalized spacial score (nSPS) is 10.6. The largest absolute Gasteiger partial charge is 0.322 e. The standard InChI is InChI=1S/C17H12F2N2OS/c1-10-20-16(9-23-10)11-3-2-4-13(7-11)21-17(22)14-8-12(18)5-6-15(14)19/h2-9H,1H3,(H,21,22). The molecule has 0 aliphatic heterocycles. The van der Waals surface area contributed by atoms with Crippen molar-refractivity contribution in [3.63, 3.8) is 0 Å². The van der Waals surface area contributed by atoms with Gasteiger partial charge in [0.2, 0.25) is 0 Å². The highest BCUT2D eigenvalue weighted by atomic mass is 32.1. The fourth-order valence-corrected chi connectivity index (χ4v) is 2.74. The van der Waals surface area contributed by atoms with E-state index < -0.39 is 17.5 Å². The van der Waals surface area contributed by atoms with Crippen LogP contribution in [0.5, 0.6) is 0 Å². The lowest BCUT2D eigenvalue weighted by Gasteiger charge is -2.07. The van der Waals surface area contributed by atoms with Gasteiger partial charge in [-0.25, -0.2) is 13.8 Å². The van der Waals surface area contributed by atoms with Crippen molar-refractivity contribution in [1.82, 2.24) is 4.98 Å². The first-order chi connectivity index (χ1) is 11.0. The number of benzene rings is 2. The second kappa shape index (κ2) is 6.26. The Morgan fingerprint density at radius 2 is 2.00 bits per heavy atom. The van der Waals surface area contributed by atoms with E-state index in [1.807, 2.05) is 18.4 Å². The number of amides is 1. The van der Waals surface area contributed by atoms with Crippen molar-refractivity contribution in [2.75, 3.05) is 5.32 Å². The van der Waals surface area contributed by atoms with E-state index in [4.69, 9.17) is 0 Å². The van der Waals surface area contributed by atoms with Gasteiger partial charge >= 0.3 is 0 Å². The minimum Gasteiger partial charge on any atom is -0.322 e. The molecule has 23 heavy (non-hydrogen) atoms. The fraction of sp³-hybridized carbons (Fsp3) is 0.0588. The SMILES string of the molecule is Cc1nc(-c2cccc(NC(=O)c3cc(F)ccc3F)c2)cs1. The molecule has 1 aromatic heterocycles. The summed E-state index contributed by atoms with van der Waals surface area (Å²) in [6, 6.07) is 9.82. The van der Waals surface area contributed by atoms with Gasteiger partial charge in [-0.2, -0.15) is 0 Å². The molecule has 3 aromatic rings. The van der Waals surface area contributed by atoms with Gasteiger partial charge in [-0.3, -0.25) is 4.79 Å². The van der Waals surface area contributed by atoms with Crippen LogP contribution in [0.2, 0.25) is 0 Å². The Labute approximate surface area is 135 Å². The van der Waals surface area contributed by atoms with E-state index in [9.17, 15) is 13.6 Å². The first-order valence-electron chi connectivity index (χ1n) is 6.82. The number of nitrogens with zero attached hydrogens (tertiary/aromatic N) is 1. The van der Waals surface area contributed by atoms with Crippen LogP contribution in [0.25, 0.3) is 11.3 Å². The van der Waals surface area contributed by atoms with Crippen LogP contribution in [0.15, 0.2) is 47.8 Å². The van der Waals surface area contributed by atoms with E-state index in [-0.39, 0.29) is 5.56 Å². The molecule has 0 atom stereocenters. The van der Waals surface area contributed by atoms with E-state index in [0.717, 1.165) is 34.5 Å². The number of nitrogens with one attached hydrogen (secondary N) is 1. The Morgan fingerprint density at radius 1 is 1.17 bits per heavy atom.